The predicted molar refractivity (Wildman–Crippen MR) is 58.4 cm³/mol. The molecule has 6 heteroatoms. The number of rotatable bonds is 2. The van der Waals surface area contributed by atoms with Crippen molar-refractivity contribution in [2.45, 2.75) is 18.9 Å². The van der Waals surface area contributed by atoms with Gasteiger partial charge in [0.05, 0.1) is 11.9 Å². The van der Waals surface area contributed by atoms with Crippen molar-refractivity contribution in [1.29, 1.82) is 0 Å². The molecule has 0 radical (unpaired) electrons. The fourth-order valence-electron chi connectivity index (χ4n) is 1.52. The standard InChI is InChI=1S/C10H12N4O2/c11-8-3-1-6(5-12-8)13-10(16)7-2-4-9(15)14-7/h1,3,5,7H,2,4H2,(H2,11,12)(H,13,16)(H,14,15). The molecule has 0 aromatic carbocycles. The maximum atomic E-state index is 11.7. The number of anilines is 2. The van der Waals surface area contributed by atoms with Gasteiger partial charge in [0.2, 0.25) is 11.8 Å². The molecular formula is C10H12N4O2. The molecule has 2 amide bonds. The van der Waals surface area contributed by atoms with Crippen LogP contribution in [0.5, 0.6) is 0 Å². The number of hydrogen-bond acceptors (Lipinski definition) is 4. The molecule has 1 fully saturated rings. The highest BCUT2D eigenvalue weighted by molar-refractivity contribution is 5.98. The summed E-state index contributed by atoms with van der Waals surface area (Å²) in [4.78, 5) is 26.4. The molecule has 0 aliphatic carbocycles. The van der Waals surface area contributed by atoms with Gasteiger partial charge in [-0.2, -0.15) is 0 Å². The molecule has 0 spiro atoms. The van der Waals surface area contributed by atoms with E-state index in [2.05, 4.69) is 15.6 Å². The van der Waals surface area contributed by atoms with Gasteiger partial charge in [0.15, 0.2) is 0 Å². The van der Waals surface area contributed by atoms with Gasteiger partial charge in [-0.15, -0.1) is 0 Å². The Balaban J connectivity index is 1.97. The van der Waals surface area contributed by atoms with Gasteiger partial charge in [0.25, 0.3) is 0 Å². The van der Waals surface area contributed by atoms with Crippen LogP contribution < -0.4 is 16.4 Å². The van der Waals surface area contributed by atoms with Gasteiger partial charge in [-0.25, -0.2) is 4.98 Å². The highest BCUT2D eigenvalue weighted by Gasteiger charge is 2.26. The minimum Gasteiger partial charge on any atom is -0.384 e. The minimum absolute atomic E-state index is 0.0874. The van der Waals surface area contributed by atoms with Gasteiger partial charge in [-0.05, 0) is 18.6 Å². The van der Waals surface area contributed by atoms with Crippen molar-refractivity contribution >= 4 is 23.3 Å². The van der Waals surface area contributed by atoms with E-state index in [0.29, 0.717) is 24.3 Å². The molecule has 2 heterocycles. The fourth-order valence-corrected chi connectivity index (χ4v) is 1.52. The van der Waals surface area contributed by atoms with Crippen molar-refractivity contribution in [2.24, 2.45) is 0 Å². The molecule has 1 saturated heterocycles. The van der Waals surface area contributed by atoms with Crippen LogP contribution in [0.25, 0.3) is 0 Å². The SMILES string of the molecule is Nc1ccc(NC(=O)C2CCC(=O)N2)cn1. The third-order valence-electron chi connectivity index (χ3n) is 2.37. The van der Waals surface area contributed by atoms with E-state index in [1.807, 2.05) is 0 Å². The van der Waals surface area contributed by atoms with Crippen LogP contribution in [0.3, 0.4) is 0 Å². The lowest BCUT2D eigenvalue weighted by Gasteiger charge is -2.10. The Kier molecular flexibility index (Phi) is 2.72. The highest BCUT2D eigenvalue weighted by Crippen LogP contribution is 2.11. The number of nitrogens with two attached hydrogens (primary N) is 1. The molecule has 84 valence electrons. The van der Waals surface area contributed by atoms with E-state index in [-0.39, 0.29) is 11.8 Å². The van der Waals surface area contributed by atoms with Crippen LogP contribution in [0, 0.1) is 0 Å². The van der Waals surface area contributed by atoms with E-state index in [1.165, 1.54) is 6.20 Å². The molecule has 1 aliphatic rings. The van der Waals surface area contributed by atoms with Crippen molar-refractivity contribution < 1.29 is 9.59 Å². The quantitative estimate of drug-likeness (QED) is 0.647. The molecule has 0 bridgehead atoms. The van der Waals surface area contributed by atoms with Gasteiger partial charge < -0.3 is 16.4 Å². The maximum Gasteiger partial charge on any atom is 0.247 e. The molecule has 1 aromatic heterocycles. The Labute approximate surface area is 92.2 Å². The molecule has 6 nitrogen and oxygen atoms in total. The number of amides is 2. The monoisotopic (exact) mass is 220 g/mol. The van der Waals surface area contributed by atoms with Gasteiger partial charge in [0.1, 0.15) is 11.9 Å². The number of nitrogen functional groups attached to an aromatic ring is 1. The van der Waals surface area contributed by atoms with E-state index in [1.54, 1.807) is 12.1 Å². The summed E-state index contributed by atoms with van der Waals surface area (Å²) in [5.41, 5.74) is 5.99. The first-order valence-electron chi connectivity index (χ1n) is 4.97. The summed E-state index contributed by atoms with van der Waals surface area (Å²) in [5, 5.41) is 5.25. The summed E-state index contributed by atoms with van der Waals surface area (Å²) in [5.74, 6) is 0.0835. The predicted octanol–water partition coefficient (Wildman–Crippen LogP) is -0.119. The topological polar surface area (TPSA) is 97.1 Å². The molecule has 1 aromatic rings. The van der Waals surface area contributed by atoms with Gasteiger partial charge in [-0.3, -0.25) is 9.59 Å². The van der Waals surface area contributed by atoms with E-state index in [4.69, 9.17) is 5.73 Å². The summed E-state index contributed by atoms with van der Waals surface area (Å²) in [6, 6.07) is 2.82. The Morgan fingerprint density at radius 1 is 1.56 bits per heavy atom. The summed E-state index contributed by atoms with van der Waals surface area (Å²) in [6.07, 6.45) is 2.41. The average molecular weight is 220 g/mol. The molecule has 0 saturated carbocycles. The number of carbonyl (C=O) groups excluding carboxylic acids is 2. The number of aromatic nitrogens is 1. The molecule has 16 heavy (non-hydrogen) atoms. The first kappa shape index (κ1) is 10.4. The first-order chi connectivity index (χ1) is 7.65. The Hall–Kier alpha value is -2.11. The van der Waals surface area contributed by atoms with Crippen LogP contribution in [-0.2, 0) is 9.59 Å². The molecule has 4 N–H and O–H groups in total. The third kappa shape index (κ3) is 2.28. The largest absolute Gasteiger partial charge is 0.384 e. The van der Waals surface area contributed by atoms with Crippen LogP contribution in [0.2, 0.25) is 0 Å². The van der Waals surface area contributed by atoms with Crippen molar-refractivity contribution in [1.82, 2.24) is 10.3 Å². The van der Waals surface area contributed by atoms with Crippen LogP contribution >= 0.6 is 0 Å². The number of hydrogen-bond donors (Lipinski definition) is 3. The van der Waals surface area contributed by atoms with Crippen molar-refractivity contribution in [3.8, 4) is 0 Å². The number of pyridine rings is 1. The number of carbonyl (C=O) groups is 2. The molecular weight excluding hydrogens is 208 g/mol. The molecule has 1 aliphatic heterocycles. The fraction of sp³-hybridized carbons (Fsp3) is 0.300. The normalized spacial score (nSPS) is 19.2. The van der Waals surface area contributed by atoms with Gasteiger partial charge >= 0.3 is 0 Å². The molecule has 1 unspecified atom stereocenters. The zero-order valence-corrected chi connectivity index (χ0v) is 8.56. The Morgan fingerprint density at radius 3 is 2.94 bits per heavy atom. The summed E-state index contributed by atoms with van der Waals surface area (Å²) in [6.45, 7) is 0. The zero-order chi connectivity index (χ0) is 11.5. The van der Waals surface area contributed by atoms with E-state index < -0.39 is 6.04 Å². The van der Waals surface area contributed by atoms with E-state index >= 15 is 0 Å². The third-order valence-corrected chi connectivity index (χ3v) is 2.37. The lowest BCUT2D eigenvalue weighted by atomic mass is 10.2. The summed E-state index contributed by atoms with van der Waals surface area (Å²) in [7, 11) is 0. The zero-order valence-electron chi connectivity index (χ0n) is 8.56. The van der Waals surface area contributed by atoms with E-state index in [9.17, 15) is 9.59 Å². The molecule has 1 atom stereocenters. The average Bonchev–Trinajstić information content (AvgIpc) is 2.68. The first-order valence-corrected chi connectivity index (χ1v) is 4.97. The van der Waals surface area contributed by atoms with Gasteiger partial charge in [-0.1, -0.05) is 0 Å². The van der Waals surface area contributed by atoms with Gasteiger partial charge in [0, 0.05) is 6.42 Å². The number of nitrogens with one attached hydrogen (secondary N) is 2. The maximum absolute atomic E-state index is 11.7. The van der Waals surface area contributed by atoms with Crippen LogP contribution in [0.4, 0.5) is 11.5 Å². The second-order valence-electron chi connectivity index (χ2n) is 3.62. The summed E-state index contributed by atoms with van der Waals surface area (Å²) < 4.78 is 0. The van der Waals surface area contributed by atoms with E-state index in [0.717, 1.165) is 0 Å². The van der Waals surface area contributed by atoms with Crippen LogP contribution in [0.15, 0.2) is 18.3 Å². The minimum atomic E-state index is -0.440. The molecule has 2 rings (SSSR count). The smallest absolute Gasteiger partial charge is 0.247 e. The van der Waals surface area contributed by atoms with Crippen LogP contribution in [0.1, 0.15) is 12.8 Å². The van der Waals surface area contributed by atoms with Crippen molar-refractivity contribution in [3.05, 3.63) is 18.3 Å². The second-order valence-corrected chi connectivity index (χ2v) is 3.62. The Morgan fingerprint density at radius 2 is 2.38 bits per heavy atom. The van der Waals surface area contributed by atoms with Crippen molar-refractivity contribution in [2.75, 3.05) is 11.1 Å². The summed E-state index contributed by atoms with van der Waals surface area (Å²) >= 11 is 0. The lowest BCUT2D eigenvalue weighted by Crippen LogP contribution is -2.37. The van der Waals surface area contributed by atoms with Crippen molar-refractivity contribution in [3.63, 3.8) is 0 Å². The second kappa shape index (κ2) is 4.18. The highest BCUT2D eigenvalue weighted by atomic mass is 16.2. The lowest BCUT2D eigenvalue weighted by molar-refractivity contribution is -0.122. The van der Waals surface area contributed by atoms with Crippen LogP contribution in [-0.4, -0.2) is 22.8 Å². The Bertz CT molecular complexity index is 415. The number of nitrogens with zero attached hydrogens (tertiary/aromatic N) is 1.